The van der Waals surface area contributed by atoms with Crippen molar-refractivity contribution in [2.24, 2.45) is 0 Å². The van der Waals surface area contributed by atoms with Crippen molar-refractivity contribution in [2.45, 2.75) is 6.92 Å². The number of anilines is 2. The number of methoxy groups -OCH3 is 2. The molecule has 0 spiro atoms. The SMILES string of the molecule is COC(=O)c1ccc(NCC(=O)Nc2cc3oc4ccccc4c3cc2OC)c(C)c1. The van der Waals surface area contributed by atoms with Crippen LogP contribution in [-0.2, 0) is 9.53 Å². The zero-order valence-corrected chi connectivity index (χ0v) is 17.4. The minimum absolute atomic E-state index is 0.0414. The smallest absolute Gasteiger partial charge is 0.337 e. The number of benzene rings is 3. The number of aryl methyl sites for hydroxylation is 1. The van der Waals surface area contributed by atoms with E-state index in [1.807, 2.05) is 37.3 Å². The van der Waals surface area contributed by atoms with E-state index in [9.17, 15) is 9.59 Å². The van der Waals surface area contributed by atoms with Gasteiger partial charge in [-0.05, 0) is 42.8 Å². The van der Waals surface area contributed by atoms with Gasteiger partial charge in [-0.1, -0.05) is 18.2 Å². The van der Waals surface area contributed by atoms with Crippen molar-refractivity contribution in [3.8, 4) is 5.75 Å². The molecule has 0 aliphatic rings. The Balaban J connectivity index is 1.50. The summed E-state index contributed by atoms with van der Waals surface area (Å²) in [6.45, 7) is 1.89. The van der Waals surface area contributed by atoms with Crippen molar-refractivity contribution < 1.29 is 23.5 Å². The van der Waals surface area contributed by atoms with E-state index in [4.69, 9.17) is 13.9 Å². The van der Waals surface area contributed by atoms with E-state index < -0.39 is 5.97 Å². The van der Waals surface area contributed by atoms with E-state index in [1.54, 1.807) is 31.4 Å². The van der Waals surface area contributed by atoms with Crippen molar-refractivity contribution >= 4 is 45.2 Å². The van der Waals surface area contributed by atoms with Crippen molar-refractivity contribution in [3.63, 3.8) is 0 Å². The second kappa shape index (κ2) is 8.39. The van der Waals surface area contributed by atoms with Crippen molar-refractivity contribution in [1.82, 2.24) is 0 Å². The Morgan fingerprint density at radius 1 is 0.935 bits per heavy atom. The predicted molar refractivity (Wildman–Crippen MR) is 120 cm³/mol. The van der Waals surface area contributed by atoms with Gasteiger partial charge in [-0.15, -0.1) is 0 Å². The van der Waals surface area contributed by atoms with Crippen LogP contribution in [0.2, 0.25) is 0 Å². The van der Waals surface area contributed by atoms with E-state index in [2.05, 4.69) is 10.6 Å². The molecule has 4 rings (SSSR count). The molecular weight excluding hydrogens is 396 g/mol. The van der Waals surface area contributed by atoms with Crippen molar-refractivity contribution in [1.29, 1.82) is 0 Å². The first-order valence-electron chi connectivity index (χ1n) is 9.72. The number of ether oxygens (including phenoxy) is 2. The van der Waals surface area contributed by atoms with Crippen LogP contribution in [0.25, 0.3) is 21.9 Å². The van der Waals surface area contributed by atoms with Crippen LogP contribution < -0.4 is 15.4 Å². The number of furan rings is 1. The molecular formula is C24H22N2O5. The van der Waals surface area contributed by atoms with Crippen LogP contribution >= 0.6 is 0 Å². The number of amides is 1. The fourth-order valence-electron chi connectivity index (χ4n) is 3.49. The highest BCUT2D eigenvalue weighted by Crippen LogP contribution is 2.36. The van der Waals surface area contributed by atoms with E-state index in [1.165, 1.54) is 7.11 Å². The Morgan fingerprint density at radius 2 is 1.74 bits per heavy atom. The summed E-state index contributed by atoms with van der Waals surface area (Å²) in [4.78, 5) is 24.2. The summed E-state index contributed by atoms with van der Waals surface area (Å²) in [6, 6.07) is 16.5. The first-order valence-corrected chi connectivity index (χ1v) is 9.72. The molecule has 0 aliphatic carbocycles. The average Bonchev–Trinajstić information content (AvgIpc) is 3.14. The average molecular weight is 418 g/mol. The minimum atomic E-state index is -0.402. The van der Waals surface area contributed by atoms with Crippen LogP contribution in [0.4, 0.5) is 11.4 Å². The highest BCUT2D eigenvalue weighted by Gasteiger charge is 2.14. The molecule has 0 atom stereocenters. The number of carbonyl (C=O) groups excluding carboxylic acids is 2. The summed E-state index contributed by atoms with van der Waals surface area (Å²) >= 11 is 0. The second-order valence-corrected chi connectivity index (χ2v) is 7.07. The maximum atomic E-state index is 12.6. The van der Waals surface area contributed by atoms with Gasteiger partial charge in [0.15, 0.2) is 0 Å². The lowest BCUT2D eigenvalue weighted by molar-refractivity contribution is -0.114. The first-order chi connectivity index (χ1) is 15.0. The first kappa shape index (κ1) is 20.3. The third-order valence-corrected chi connectivity index (χ3v) is 5.06. The molecule has 0 bridgehead atoms. The zero-order chi connectivity index (χ0) is 22.0. The summed E-state index contributed by atoms with van der Waals surface area (Å²) < 4.78 is 16.1. The highest BCUT2D eigenvalue weighted by molar-refractivity contribution is 6.08. The number of hydrogen-bond donors (Lipinski definition) is 2. The van der Waals surface area contributed by atoms with Gasteiger partial charge in [-0.25, -0.2) is 4.79 Å². The molecule has 31 heavy (non-hydrogen) atoms. The molecule has 0 radical (unpaired) electrons. The van der Waals surface area contributed by atoms with Gasteiger partial charge >= 0.3 is 5.97 Å². The number of nitrogens with one attached hydrogen (secondary N) is 2. The quantitative estimate of drug-likeness (QED) is 0.440. The molecule has 7 heteroatoms. The van der Waals surface area contributed by atoms with Gasteiger partial charge in [0.25, 0.3) is 0 Å². The normalized spacial score (nSPS) is 10.8. The Labute approximate surface area is 178 Å². The predicted octanol–water partition coefficient (Wildman–Crippen LogP) is 4.74. The molecule has 0 unspecified atom stereocenters. The Kier molecular flexibility index (Phi) is 5.49. The van der Waals surface area contributed by atoms with Crippen LogP contribution in [-0.4, -0.2) is 32.6 Å². The molecule has 0 aliphatic heterocycles. The topological polar surface area (TPSA) is 89.8 Å². The fourth-order valence-corrected chi connectivity index (χ4v) is 3.49. The Hall–Kier alpha value is -4.00. The number of rotatable bonds is 6. The maximum absolute atomic E-state index is 12.6. The van der Waals surface area contributed by atoms with Gasteiger partial charge in [0.05, 0.1) is 32.0 Å². The van der Waals surface area contributed by atoms with E-state index in [0.717, 1.165) is 27.6 Å². The molecule has 158 valence electrons. The van der Waals surface area contributed by atoms with E-state index in [0.29, 0.717) is 22.6 Å². The number of carbonyl (C=O) groups is 2. The lowest BCUT2D eigenvalue weighted by Gasteiger charge is -2.13. The van der Waals surface area contributed by atoms with E-state index in [-0.39, 0.29) is 12.5 Å². The molecule has 7 nitrogen and oxygen atoms in total. The van der Waals surface area contributed by atoms with Gasteiger partial charge in [-0.3, -0.25) is 4.79 Å². The zero-order valence-electron chi connectivity index (χ0n) is 17.4. The van der Waals surface area contributed by atoms with Crippen LogP contribution in [0.5, 0.6) is 5.75 Å². The molecule has 0 saturated heterocycles. The van der Waals surface area contributed by atoms with Gasteiger partial charge in [-0.2, -0.15) is 0 Å². The number of hydrogen-bond acceptors (Lipinski definition) is 6. The number of para-hydroxylation sites is 1. The minimum Gasteiger partial charge on any atom is -0.495 e. The lowest BCUT2D eigenvalue weighted by atomic mass is 10.1. The van der Waals surface area contributed by atoms with Gasteiger partial charge < -0.3 is 24.5 Å². The molecule has 1 heterocycles. The molecule has 1 aromatic heterocycles. The Bertz CT molecular complexity index is 1290. The summed E-state index contributed by atoms with van der Waals surface area (Å²) in [6.07, 6.45) is 0. The van der Waals surface area contributed by atoms with Crippen molar-refractivity contribution in [3.05, 3.63) is 65.7 Å². The fraction of sp³-hybridized carbons (Fsp3) is 0.167. The molecule has 0 fully saturated rings. The Morgan fingerprint density at radius 3 is 2.48 bits per heavy atom. The van der Waals surface area contributed by atoms with E-state index >= 15 is 0 Å². The largest absolute Gasteiger partial charge is 0.495 e. The number of fused-ring (bicyclic) bond motifs is 3. The summed E-state index contributed by atoms with van der Waals surface area (Å²) in [5, 5.41) is 7.86. The van der Waals surface area contributed by atoms with Crippen molar-refractivity contribution in [2.75, 3.05) is 31.4 Å². The van der Waals surface area contributed by atoms with Gasteiger partial charge in [0.1, 0.15) is 16.9 Å². The van der Waals surface area contributed by atoms with Gasteiger partial charge in [0, 0.05) is 22.5 Å². The third-order valence-electron chi connectivity index (χ3n) is 5.06. The standard InChI is InChI=1S/C24H22N2O5/c1-14-10-15(24(28)30-3)8-9-18(14)25-13-23(27)26-19-12-21-17(11-22(19)29-2)16-6-4-5-7-20(16)31-21/h4-12,25H,13H2,1-3H3,(H,26,27). The lowest BCUT2D eigenvalue weighted by Crippen LogP contribution is -2.22. The van der Waals surface area contributed by atoms with Gasteiger partial charge in [0.2, 0.25) is 5.91 Å². The van der Waals surface area contributed by atoms with Crippen LogP contribution in [0.15, 0.2) is 59.0 Å². The molecule has 4 aromatic rings. The monoisotopic (exact) mass is 418 g/mol. The second-order valence-electron chi connectivity index (χ2n) is 7.07. The molecule has 0 saturated carbocycles. The third kappa shape index (κ3) is 4.02. The molecule has 3 aromatic carbocycles. The maximum Gasteiger partial charge on any atom is 0.337 e. The summed E-state index contributed by atoms with van der Waals surface area (Å²) in [5.41, 5.74) is 4.01. The number of esters is 1. The molecule has 1 amide bonds. The van der Waals surface area contributed by atoms with Crippen LogP contribution in [0.3, 0.4) is 0 Å². The van der Waals surface area contributed by atoms with Crippen LogP contribution in [0.1, 0.15) is 15.9 Å². The van der Waals surface area contributed by atoms with Crippen LogP contribution in [0, 0.1) is 6.92 Å². The summed E-state index contributed by atoms with van der Waals surface area (Å²) in [5.74, 6) is -0.100. The summed E-state index contributed by atoms with van der Waals surface area (Å²) in [7, 11) is 2.90. The molecule has 2 N–H and O–H groups in total. The highest BCUT2D eigenvalue weighted by atomic mass is 16.5.